The Bertz CT molecular complexity index is 709. The Morgan fingerprint density at radius 1 is 1.30 bits per heavy atom. The molecule has 0 saturated carbocycles. The number of halogens is 2. The van der Waals surface area contributed by atoms with Crippen molar-refractivity contribution in [1.82, 2.24) is 14.8 Å². The van der Waals surface area contributed by atoms with Crippen LogP contribution in [0.5, 0.6) is 0 Å². The number of hydrogen-bond donors (Lipinski definition) is 1. The van der Waals surface area contributed by atoms with Crippen molar-refractivity contribution in [3.05, 3.63) is 57.2 Å². The van der Waals surface area contributed by atoms with Gasteiger partial charge in [-0.05, 0) is 24.3 Å². The minimum atomic E-state index is 0.550. The minimum absolute atomic E-state index is 0.550. The third kappa shape index (κ3) is 2.95. The van der Waals surface area contributed by atoms with Gasteiger partial charge in [0.15, 0.2) is 4.47 Å². The van der Waals surface area contributed by atoms with Gasteiger partial charge in [0.1, 0.15) is 0 Å². The maximum atomic E-state index is 6.28. The highest BCUT2D eigenvalue weighted by Crippen LogP contribution is 2.25. The average Bonchev–Trinajstić information content (AvgIpc) is 3.08. The smallest absolute Gasteiger partial charge is 0.183 e. The first kappa shape index (κ1) is 13.4. The highest BCUT2D eigenvalue weighted by atomic mass is 35.5. The van der Waals surface area contributed by atoms with Crippen molar-refractivity contribution < 1.29 is 0 Å². The summed E-state index contributed by atoms with van der Waals surface area (Å²) in [5.74, 6) is 0. The van der Waals surface area contributed by atoms with E-state index in [1.165, 1.54) is 11.3 Å². The molecule has 7 heteroatoms. The van der Waals surface area contributed by atoms with Gasteiger partial charge in [-0.2, -0.15) is 5.10 Å². The first-order valence-electron chi connectivity index (χ1n) is 5.86. The lowest BCUT2D eigenvalue weighted by molar-refractivity contribution is 0.881. The molecule has 3 aromatic rings. The molecule has 0 atom stereocenters. The van der Waals surface area contributed by atoms with Gasteiger partial charge >= 0.3 is 0 Å². The van der Waals surface area contributed by atoms with Gasteiger partial charge in [0.05, 0.1) is 17.3 Å². The Kier molecular flexibility index (Phi) is 3.91. The van der Waals surface area contributed by atoms with Crippen LogP contribution >= 0.6 is 34.5 Å². The maximum Gasteiger partial charge on any atom is 0.183 e. The van der Waals surface area contributed by atoms with Crippen molar-refractivity contribution in [2.45, 2.75) is 6.54 Å². The summed E-state index contributed by atoms with van der Waals surface area (Å²) in [5, 5.41) is 8.09. The van der Waals surface area contributed by atoms with Crippen LogP contribution in [-0.4, -0.2) is 14.8 Å². The van der Waals surface area contributed by atoms with E-state index < -0.39 is 0 Å². The molecule has 0 amide bonds. The normalized spacial score (nSPS) is 10.7. The number of nitrogens with one attached hydrogen (secondary N) is 1. The third-order valence-electron chi connectivity index (χ3n) is 2.69. The summed E-state index contributed by atoms with van der Waals surface area (Å²) in [6, 6.07) is 7.63. The molecule has 20 heavy (non-hydrogen) atoms. The van der Waals surface area contributed by atoms with Crippen LogP contribution in [0.25, 0.3) is 5.69 Å². The van der Waals surface area contributed by atoms with Crippen molar-refractivity contribution in [3.8, 4) is 5.69 Å². The second kappa shape index (κ2) is 5.83. The van der Waals surface area contributed by atoms with Gasteiger partial charge in [0.25, 0.3) is 0 Å². The molecule has 4 nitrogen and oxygen atoms in total. The molecule has 1 aromatic carbocycles. The zero-order chi connectivity index (χ0) is 13.9. The number of thiazole rings is 1. The van der Waals surface area contributed by atoms with Crippen molar-refractivity contribution in [1.29, 1.82) is 0 Å². The zero-order valence-corrected chi connectivity index (χ0v) is 12.6. The number of rotatable bonds is 4. The molecule has 0 unspecified atom stereocenters. The highest BCUT2D eigenvalue weighted by Gasteiger charge is 2.05. The lowest BCUT2D eigenvalue weighted by Gasteiger charge is -2.08. The zero-order valence-electron chi connectivity index (χ0n) is 10.3. The van der Waals surface area contributed by atoms with Gasteiger partial charge in [0.2, 0.25) is 0 Å². The molecule has 0 fully saturated rings. The fourth-order valence-corrected chi connectivity index (χ4v) is 2.95. The van der Waals surface area contributed by atoms with E-state index in [-0.39, 0.29) is 0 Å². The van der Waals surface area contributed by atoms with Crippen LogP contribution in [0, 0.1) is 0 Å². The first-order valence-corrected chi connectivity index (χ1v) is 7.43. The number of anilines is 1. The maximum absolute atomic E-state index is 6.28. The van der Waals surface area contributed by atoms with Crippen LogP contribution in [0.1, 0.15) is 4.88 Å². The van der Waals surface area contributed by atoms with E-state index in [2.05, 4.69) is 15.4 Å². The largest absolute Gasteiger partial charge is 0.380 e. The monoisotopic (exact) mass is 324 g/mol. The fourth-order valence-electron chi connectivity index (χ4n) is 1.77. The molecule has 1 N–H and O–H groups in total. The minimum Gasteiger partial charge on any atom is -0.380 e. The van der Waals surface area contributed by atoms with Crippen molar-refractivity contribution in [3.63, 3.8) is 0 Å². The van der Waals surface area contributed by atoms with Crippen LogP contribution in [0.4, 0.5) is 5.69 Å². The summed E-state index contributed by atoms with van der Waals surface area (Å²) in [6.45, 7) is 0.668. The average molecular weight is 325 g/mol. The molecular formula is C13H10Cl2N4S. The standard InChI is InChI=1S/C13H10Cl2N4S/c14-11-6-9(16-7-10-8-17-13(15)20-10)2-3-12(11)19-5-1-4-18-19/h1-6,8,16H,7H2. The van der Waals surface area contributed by atoms with Gasteiger partial charge < -0.3 is 5.32 Å². The molecule has 3 rings (SSSR count). The van der Waals surface area contributed by atoms with Gasteiger partial charge in [-0.25, -0.2) is 9.67 Å². The van der Waals surface area contributed by atoms with Crippen LogP contribution in [-0.2, 0) is 6.54 Å². The first-order chi connectivity index (χ1) is 9.72. The Labute approximate surface area is 130 Å². The number of hydrogen-bond acceptors (Lipinski definition) is 4. The summed E-state index contributed by atoms with van der Waals surface area (Å²) in [7, 11) is 0. The highest BCUT2D eigenvalue weighted by molar-refractivity contribution is 7.15. The predicted molar refractivity (Wildman–Crippen MR) is 83.0 cm³/mol. The molecule has 102 valence electrons. The molecule has 0 spiro atoms. The molecule has 0 aliphatic heterocycles. The number of aromatic nitrogens is 3. The Balaban J connectivity index is 1.74. The van der Waals surface area contributed by atoms with Crippen molar-refractivity contribution in [2.75, 3.05) is 5.32 Å². The molecule has 2 aromatic heterocycles. The van der Waals surface area contributed by atoms with E-state index in [1.807, 2.05) is 30.5 Å². The Hall–Kier alpha value is -1.56. The predicted octanol–water partition coefficient (Wildman–Crippen LogP) is 4.25. The van der Waals surface area contributed by atoms with Crippen LogP contribution in [0.3, 0.4) is 0 Å². The summed E-state index contributed by atoms with van der Waals surface area (Å²) in [5.41, 5.74) is 1.79. The number of benzene rings is 1. The SMILES string of the molecule is Clc1ncc(CNc2ccc(-n3cccn3)c(Cl)c2)s1. The number of nitrogens with zero attached hydrogens (tertiary/aromatic N) is 3. The van der Waals surface area contributed by atoms with Crippen LogP contribution in [0.2, 0.25) is 9.49 Å². The molecule has 0 aliphatic carbocycles. The van der Waals surface area contributed by atoms with Gasteiger partial charge in [-0.3, -0.25) is 0 Å². The fraction of sp³-hybridized carbons (Fsp3) is 0.0769. The summed E-state index contributed by atoms with van der Waals surface area (Å²) >= 11 is 13.5. The van der Waals surface area contributed by atoms with Gasteiger partial charge in [0, 0.05) is 29.2 Å². The van der Waals surface area contributed by atoms with E-state index in [0.29, 0.717) is 16.0 Å². The molecule has 0 radical (unpaired) electrons. The van der Waals surface area contributed by atoms with Crippen LogP contribution < -0.4 is 5.32 Å². The Morgan fingerprint density at radius 2 is 2.20 bits per heavy atom. The van der Waals surface area contributed by atoms with Crippen LogP contribution in [0.15, 0.2) is 42.9 Å². The van der Waals surface area contributed by atoms with Crippen molar-refractivity contribution in [2.24, 2.45) is 0 Å². The lowest BCUT2D eigenvalue weighted by Crippen LogP contribution is -1.99. The second-order valence-electron chi connectivity index (χ2n) is 4.05. The second-order valence-corrected chi connectivity index (χ2v) is 6.15. The molecule has 0 saturated heterocycles. The van der Waals surface area contributed by atoms with E-state index in [4.69, 9.17) is 23.2 Å². The molecule has 0 aliphatic rings. The van der Waals surface area contributed by atoms with Gasteiger partial charge in [-0.15, -0.1) is 11.3 Å². The summed E-state index contributed by atoms with van der Waals surface area (Å²) < 4.78 is 2.28. The lowest BCUT2D eigenvalue weighted by atomic mass is 10.2. The Morgan fingerprint density at radius 3 is 2.85 bits per heavy atom. The van der Waals surface area contributed by atoms with E-state index in [0.717, 1.165) is 16.3 Å². The van der Waals surface area contributed by atoms with Gasteiger partial charge in [-0.1, -0.05) is 23.2 Å². The van der Waals surface area contributed by atoms with E-state index >= 15 is 0 Å². The quantitative estimate of drug-likeness (QED) is 0.780. The topological polar surface area (TPSA) is 42.7 Å². The molecule has 0 bridgehead atoms. The van der Waals surface area contributed by atoms with E-state index in [1.54, 1.807) is 17.1 Å². The summed E-state index contributed by atoms with van der Waals surface area (Å²) in [4.78, 5) is 5.07. The third-order valence-corrected chi connectivity index (χ3v) is 4.11. The molecule has 2 heterocycles. The van der Waals surface area contributed by atoms with E-state index in [9.17, 15) is 0 Å². The van der Waals surface area contributed by atoms with Crippen molar-refractivity contribution >= 4 is 40.2 Å². The molecular weight excluding hydrogens is 315 g/mol. The summed E-state index contributed by atoms with van der Waals surface area (Å²) in [6.07, 6.45) is 5.34.